The summed E-state index contributed by atoms with van der Waals surface area (Å²) in [6, 6.07) is 30.1. The second-order valence-electron chi connectivity index (χ2n) is 9.30. The predicted octanol–water partition coefficient (Wildman–Crippen LogP) is 6.85. The molecule has 7 heteroatoms. The molecule has 2 atom stereocenters. The van der Waals surface area contributed by atoms with Crippen molar-refractivity contribution in [2.24, 2.45) is 0 Å². The fourth-order valence-corrected chi connectivity index (χ4v) is 5.38. The van der Waals surface area contributed by atoms with Gasteiger partial charge in [0.1, 0.15) is 17.5 Å². The van der Waals surface area contributed by atoms with Crippen molar-refractivity contribution in [3.63, 3.8) is 0 Å². The number of hydrogen-bond donors (Lipinski definition) is 1. The standard InChI is InChI=1S/C31H27N5OS/c1-21-8-3-4-11-28(21)37-25-15-13-23(14-16-25)36-30(29(34-31(36)38)26-10-5-6-19-33-26)27-17-12-22(2)35(27)24-9-7-18-32-20-24/h3-20,29-30H,1-2H3,(H,34,38)/t29-,30+/m0/s1. The molecule has 0 unspecified atom stereocenters. The highest BCUT2D eigenvalue weighted by Crippen LogP contribution is 2.43. The molecule has 1 fully saturated rings. The van der Waals surface area contributed by atoms with Gasteiger partial charge in [0, 0.05) is 29.5 Å². The van der Waals surface area contributed by atoms with Crippen LogP contribution in [0.5, 0.6) is 11.5 Å². The Hall–Kier alpha value is -4.49. The number of aromatic nitrogens is 3. The minimum atomic E-state index is -0.144. The Bertz CT molecular complexity index is 1570. The fraction of sp³-hybridized carbons (Fsp3) is 0.129. The first-order valence-corrected chi connectivity index (χ1v) is 12.9. The van der Waals surface area contributed by atoms with E-state index in [1.165, 1.54) is 0 Å². The van der Waals surface area contributed by atoms with E-state index in [-0.39, 0.29) is 12.1 Å². The average Bonchev–Trinajstić information content (AvgIpc) is 3.50. The van der Waals surface area contributed by atoms with Crippen molar-refractivity contribution in [1.82, 2.24) is 19.9 Å². The number of nitrogens with zero attached hydrogens (tertiary/aromatic N) is 4. The van der Waals surface area contributed by atoms with Crippen molar-refractivity contribution in [2.75, 3.05) is 4.90 Å². The topological polar surface area (TPSA) is 55.2 Å². The highest BCUT2D eigenvalue weighted by Gasteiger charge is 2.42. The van der Waals surface area contributed by atoms with Gasteiger partial charge in [0.2, 0.25) is 0 Å². The first-order valence-electron chi connectivity index (χ1n) is 12.5. The zero-order chi connectivity index (χ0) is 26.1. The predicted molar refractivity (Wildman–Crippen MR) is 154 cm³/mol. The minimum Gasteiger partial charge on any atom is -0.457 e. The van der Waals surface area contributed by atoms with Crippen molar-refractivity contribution >= 4 is 23.0 Å². The maximum atomic E-state index is 6.15. The molecule has 1 saturated heterocycles. The molecule has 0 aliphatic carbocycles. The molecule has 38 heavy (non-hydrogen) atoms. The molecular weight excluding hydrogens is 490 g/mol. The molecule has 188 valence electrons. The van der Waals surface area contributed by atoms with E-state index in [0.717, 1.165) is 45.5 Å². The zero-order valence-electron chi connectivity index (χ0n) is 21.2. The van der Waals surface area contributed by atoms with Crippen molar-refractivity contribution in [1.29, 1.82) is 0 Å². The lowest BCUT2D eigenvalue weighted by Crippen LogP contribution is -2.30. The summed E-state index contributed by atoms with van der Waals surface area (Å²) in [5.41, 5.74) is 6.21. The molecule has 2 aromatic carbocycles. The maximum absolute atomic E-state index is 6.15. The number of pyridine rings is 2. The summed E-state index contributed by atoms with van der Waals surface area (Å²) < 4.78 is 8.39. The van der Waals surface area contributed by atoms with Crippen molar-refractivity contribution in [3.8, 4) is 17.2 Å². The van der Waals surface area contributed by atoms with Crippen LogP contribution in [0.15, 0.2) is 110 Å². The summed E-state index contributed by atoms with van der Waals surface area (Å²) in [7, 11) is 0. The molecule has 0 radical (unpaired) electrons. The van der Waals surface area contributed by atoms with E-state index < -0.39 is 0 Å². The van der Waals surface area contributed by atoms with Gasteiger partial charge in [-0.05, 0) is 98.4 Å². The van der Waals surface area contributed by atoms with Gasteiger partial charge in [0.15, 0.2) is 5.11 Å². The number of hydrogen-bond acceptors (Lipinski definition) is 4. The Morgan fingerprint density at radius 2 is 1.63 bits per heavy atom. The molecular formula is C31H27N5OS. The van der Waals surface area contributed by atoms with Gasteiger partial charge in [-0.3, -0.25) is 9.97 Å². The summed E-state index contributed by atoms with van der Waals surface area (Å²) in [6.45, 7) is 4.15. The van der Waals surface area contributed by atoms with Crippen LogP contribution in [0.4, 0.5) is 5.69 Å². The molecule has 0 saturated carbocycles. The lowest BCUT2D eigenvalue weighted by Gasteiger charge is -2.29. The molecule has 5 aromatic rings. The zero-order valence-corrected chi connectivity index (χ0v) is 22.0. The van der Waals surface area contributed by atoms with Gasteiger partial charge in [0.25, 0.3) is 0 Å². The number of ether oxygens (including phenoxy) is 1. The highest BCUT2D eigenvalue weighted by molar-refractivity contribution is 7.80. The van der Waals surface area contributed by atoms with Crippen molar-refractivity contribution in [2.45, 2.75) is 25.9 Å². The van der Waals surface area contributed by atoms with Crippen molar-refractivity contribution < 1.29 is 4.74 Å². The first kappa shape index (κ1) is 23.9. The largest absolute Gasteiger partial charge is 0.457 e. The molecule has 1 N–H and O–H groups in total. The second kappa shape index (κ2) is 10.1. The van der Waals surface area contributed by atoms with Crippen LogP contribution in [0, 0.1) is 13.8 Å². The molecule has 6 nitrogen and oxygen atoms in total. The normalized spacial score (nSPS) is 16.9. The summed E-state index contributed by atoms with van der Waals surface area (Å²) in [5, 5.41) is 4.20. The third-order valence-corrected chi connectivity index (χ3v) is 7.16. The lowest BCUT2D eigenvalue weighted by molar-refractivity contribution is 0.479. The molecule has 0 amide bonds. The van der Waals surface area contributed by atoms with Gasteiger partial charge in [-0.2, -0.15) is 0 Å². The fourth-order valence-electron chi connectivity index (χ4n) is 5.03. The van der Waals surface area contributed by atoms with Crippen LogP contribution in [0.1, 0.15) is 34.7 Å². The number of para-hydroxylation sites is 1. The Balaban J connectivity index is 1.42. The van der Waals surface area contributed by atoms with E-state index in [4.69, 9.17) is 17.0 Å². The Morgan fingerprint density at radius 3 is 2.37 bits per heavy atom. The number of nitrogens with one attached hydrogen (secondary N) is 1. The number of rotatable bonds is 6. The molecule has 3 aromatic heterocycles. The summed E-state index contributed by atoms with van der Waals surface area (Å²) >= 11 is 5.93. The number of benzene rings is 2. The van der Waals surface area contributed by atoms with E-state index in [2.05, 4.69) is 62.0 Å². The van der Waals surface area contributed by atoms with Crippen LogP contribution in [0.25, 0.3) is 5.69 Å². The van der Waals surface area contributed by atoms with Crippen molar-refractivity contribution in [3.05, 3.63) is 132 Å². The Labute approximate surface area is 227 Å². The minimum absolute atomic E-state index is 0.142. The Morgan fingerprint density at radius 1 is 0.816 bits per heavy atom. The molecule has 1 aliphatic heterocycles. The van der Waals surface area contributed by atoms with Crippen LogP contribution in [-0.4, -0.2) is 19.6 Å². The third-order valence-electron chi connectivity index (χ3n) is 6.85. The quantitative estimate of drug-likeness (QED) is 0.249. The lowest BCUT2D eigenvalue weighted by atomic mass is 10.0. The number of thiocarbonyl (C=S) groups is 1. The van der Waals surface area contributed by atoms with Crippen LogP contribution >= 0.6 is 12.2 Å². The van der Waals surface area contributed by atoms with E-state index in [0.29, 0.717) is 5.11 Å². The van der Waals surface area contributed by atoms with Crippen LogP contribution in [0.3, 0.4) is 0 Å². The smallest absolute Gasteiger partial charge is 0.174 e. The number of anilines is 1. The monoisotopic (exact) mass is 517 g/mol. The van der Waals surface area contributed by atoms with Crippen LogP contribution < -0.4 is 15.0 Å². The van der Waals surface area contributed by atoms with Gasteiger partial charge >= 0.3 is 0 Å². The Kier molecular flexibility index (Phi) is 6.35. The molecule has 0 spiro atoms. The SMILES string of the molecule is Cc1ccccc1Oc1ccc(N2C(=S)N[C@@H](c3ccccn3)[C@H]2c2ccc(C)n2-c2cccnc2)cc1. The van der Waals surface area contributed by atoms with Gasteiger partial charge in [-0.15, -0.1) is 0 Å². The van der Waals surface area contributed by atoms with Crippen LogP contribution in [-0.2, 0) is 0 Å². The summed E-state index contributed by atoms with van der Waals surface area (Å²) in [5.74, 6) is 1.62. The number of aryl methyl sites for hydroxylation is 2. The first-order chi connectivity index (χ1) is 18.6. The van der Waals surface area contributed by atoms with E-state index in [1.807, 2.05) is 80.0 Å². The van der Waals surface area contributed by atoms with E-state index >= 15 is 0 Å². The summed E-state index contributed by atoms with van der Waals surface area (Å²) in [4.78, 5) is 11.2. The molecule has 4 heterocycles. The summed E-state index contributed by atoms with van der Waals surface area (Å²) in [6.07, 6.45) is 5.50. The van der Waals surface area contributed by atoms with E-state index in [1.54, 1.807) is 6.20 Å². The average molecular weight is 518 g/mol. The third kappa shape index (κ3) is 4.41. The highest BCUT2D eigenvalue weighted by atomic mass is 32.1. The van der Waals surface area contributed by atoms with Gasteiger partial charge in [-0.1, -0.05) is 24.3 Å². The van der Waals surface area contributed by atoms with Gasteiger partial charge < -0.3 is 19.5 Å². The molecule has 6 rings (SSSR count). The molecule has 0 bridgehead atoms. The van der Waals surface area contributed by atoms with Crippen LogP contribution in [0.2, 0.25) is 0 Å². The maximum Gasteiger partial charge on any atom is 0.174 e. The second-order valence-corrected chi connectivity index (χ2v) is 9.69. The van der Waals surface area contributed by atoms with Gasteiger partial charge in [-0.25, -0.2) is 0 Å². The van der Waals surface area contributed by atoms with Gasteiger partial charge in [0.05, 0.1) is 23.6 Å². The van der Waals surface area contributed by atoms with E-state index in [9.17, 15) is 0 Å². The molecule has 1 aliphatic rings.